The van der Waals surface area contributed by atoms with Crippen LogP contribution in [0.25, 0.3) is 0 Å². The minimum Gasteiger partial charge on any atom is -0.741 e. The predicted molar refractivity (Wildman–Crippen MR) is 51.8 cm³/mol. The number of hydrogen-bond acceptors (Lipinski definition) is 2. The number of hydrogen-bond donors (Lipinski definition) is 0. The molecule has 0 radical (unpaired) electrons. The lowest BCUT2D eigenvalue weighted by Gasteiger charge is -2.27. The van der Waals surface area contributed by atoms with Gasteiger partial charge in [-0.2, -0.15) is 0 Å². The average molecular weight is 179 g/mol. The van der Waals surface area contributed by atoms with Crippen LogP contribution in [0.1, 0.15) is 19.4 Å². The quantitative estimate of drug-likeness (QED) is 0.646. The molecule has 12 heavy (non-hydrogen) atoms. The largest absolute Gasteiger partial charge is 0.741 e. The molecule has 0 unspecified atom stereocenters. The Hall–Kier alpha value is -0.890. The lowest BCUT2D eigenvalue weighted by Crippen LogP contribution is -2.26. The molecule has 0 saturated carbocycles. The zero-order chi connectivity index (χ0) is 9.19. The highest BCUT2D eigenvalue weighted by Crippen LogP contribution is 2.22. The van der Waals surface area contributed by atoms with Gasteiger partial charge in [0.25, 0.3) is 0 Å². The zero-order valence-electron chi connectivity index (χ0n) is 7.20. The van der Waals surface area contributed by atoms with Gasteiger partial charge in [-0.15, -0.1) is 0 Å². The van der Waals surface area contributed by atoms with Gasteiger partial charge in [0, 0.05) is 10.5 Å². The van der Waals surface area contributed by atoms with Crippen molar-refractivity contribution in [3.8, 4) is 0 Å². The lowest BCUT2D eigenvalue weighted by molar-refractivity contribution is -0.114. The van der Waals surface area contributed by atoms with E-state index in [0.29, 0.717) is 0 Å². The van der Waals surface area contributed by atoms with Crippen molar-refractivity contribution in [3.63, 3.8) is 0 Å². The molecule has 0 aliphatic heterocycles. The van der Waals surface area contributed by atoms with Crippen LogP contribution in [0.5, 0.6) is 0 Å². The fraction of sp³-hybridized carbons (Fsp3) is 0.300. The predicted octanol–water partition coefficient (Wildman–Crippen LogP) is 2.04. The molecule has 2 heteroatoms. The van der Waals surface area contributed by atoms with E-state index in [4.69, 9.17) is 0 Å². The monoisotopic (exact) mass is 179 g/mol. The second-order valence-corrected chi connectivity index (χ2v) is 3.65. The van der Waals surface area contributed by atoms with Gasteiger partial charge in [-0.1, -0.05) is 44.2 Å². The molecule has 0 aliphatic carbocycles. The van der Waals surface area contributed by atoms with E-state index < -0.39 is 5.41 Å². The second kappa shape index (κ2) is 3.23. The SMILES string of the molecule is CC(C)(C(=O)[S-])c1ccccc1. The molecular weight excluding hydrogens is 168 g/mol. The Kier molecular flexibility index (Phi) is 2.48. The van der Waals surface area contributed by atoms with Crippen LogP contribution in [-0.2, 0) is 22.8 Å². The first-order chi connectivity index (χ1) is 5.55. The average Bonchev–Trinajstić information content (AvgIpc) is 2.06. The van der Waals surface area contributed by atoms with Crippen LogP contribution in [-0.4, -0.2) is 5.12 Å². The third-order valence-electron chi connectivity index (χ3n) is 2.01. The summed E-state index contributed by atoms with van der Waals surface area (Å²) in [7, 11) is 0. The van der Waals surface area contributed by atoms with E-state index in [2.05, 4.69) is 12.6 Å². The number of rotatable bonds is 2. The highest BCUT2D eigenvalue weighted by Gasteiger charge is 2.20. The molecule has 1 rings (SSSR count). The summed E-state index contributed by atoms with van der Waals surface area (Å²) in [5.74, 6) is 0. The van der Waals surface area contributed by atoms with Gasteiger partial charge < -0.3 is 17.4 Å². The summed E-state index contributed by atoms with van der Waals surface area (Å²) < 4.78 is 0. The molecule has 0 heterocycles. The maximum absolute atomic E-state index is 11.1. The molecule has 0 aliphatic rings. The van der Waals surface area contributed by atoms with Gasteiger partial charge in [-0.25, -0.2) is 0 Å². The Bertz CT molecular complexity index is 277. The highest BCUT2D eigenvalue weighted by atomic mass is 32.1. The smallest absolute Gasteiger partial charge is 0.0265 e. The van der Waals surface area contributed by atoms with Gasteiger partial charge in [0.2, 0.25) is 0 Å². The summed E-state index contributed by atoms with van der Waals surface area (Å²) in [4.78, 5) is 11.1. The third kappa shape index (κ3) is 1.64. The van der Waals surface area contributed by atoms with Crippen molar-refractivity contribution >= 4 is 17.7 Å². The fourth-order valence-corrected chi connectivity index (χ4v) is 1.09. The van der Waals surface area contributed by atoms with E-state index in [1.54, 1.807) is 0 Å². The lowest BCUT2D eigenvalue weighted by atomic mass is 9.86. The molecule has 1 nitrogen and oxygen atoms in total. The first-order valence-corrected chi connectivity index (χ1v) is 4.23. The Balaban J connectivity index is 3.06. The van der Waals surface area contributed by atoms with Crippen molar-refractivity contribution in [1.82, 2.24) is 0 Å². The minimum atomic E-state index is -0.531. The molecule has 0 amide bonds. The van der Waals surface area contributed by atoms with Crippen molar-refractivity contribution in [2.24, 2.45) is 0 Å². The second-order valence-electron chi connectivity index (χ2n) is 3.28. The van der Waals surface area contributed by atoms with Crippen LogP contribution < -0.4 is 0 Å². The molecule has 1 aromatic carbocycles. The molecule has 0 fully saturated rings. The molecule has 0 bridgehead atoms. The summed E-state index contributed by atoms with van der Waals surface area (Å²) in [5.41, 5.74) is 0.446. The number of benzene rings is 1. The van der Waals surface area contributed by atoms with Gasteiger partial charge in [0.15, 0.2) is 0 Å². The van der Waals surface area contributed by atoms with Crippen molar-refractivity contribution in [2.45, 2.75) is 19.3 Å². The Labute approximate surface area is 78.2 Å². The van der Waals surface area contributed by atoms with E-state index in [1.165, 1.54) is 0 Å². The van der Waals surface area contributed by atoms with Gasteiger partial charge >= 0.3 is 0 Å². The maximum Gasteiger partial charge on any atom is 0.0265 e. The molecule has 0 N–H and O–H groups in total. The van der Waals surface area contributed by atoms with Crippen LogP contribution in [0.2, 0.25) is 0 Å². The standard InChI is InChI=1S/C10H12OS/c1-10(2,9(11)12)8-6-4-3-5-7-8/h3-7H,1-2H3,(H,11,12)/p-1. The van der Waals surface area contributed by atoms with Crippen molar-refractivity contribution in [3.05, 3.63) is 35.9 Å². The molecule has 64 valence electrons. The molecule has 0 saturated heterocycles. The Morgan fingerprint density at radius 2 is 1.75 bits per heavy atom. The van der Waals surface area contributed by atoms with Crippen LogP contribution >= 0.6 is 0 Å². The molecular formula is C10H11OS-. The van der Waals surface area contributed by atoms with Gasteiger partial charge in [0.05, 0.1) is 0 Å². The van der Waals surface area contributed by atoms with Gasteiger partial charge in [-0.3, -0.25) is 0 Å². The fourth-order valence-electron chi connectivity index (χ4n) is 0.973. The third-order valence-corrected chi connectivity index (χ3v) is 2.52. The summed E-state index contributed by atoms with van der Waals surface area (Å²) >= 11 is 4.66. The zero-order valence-corrected chi connectivity index (χ0v) is 8.02. The number of carbonyl (C=O) groups excluding carboxylic acids is 1. The summed E-state index contributed by atoms with van der Waals surface area (Å²) in [6.45, 7) is 3.69. The summed E-state index contributed by atoms with van der Waals surface area (Å²) in [5, 5.41) is -0.214. The maximum atomic E-state index is 11.1. The van der Waals surface area contributed by atoms with E-state index >= 15 is 0 Å². The molecule has 0 spiro atoms. The Morgan fingerprint density at radius 1 is 1.25 bits per heavy atom. The van der Waals surface area contributed by atoms with Crippen molar-refractivity contribution < 1.29 is 4.79 Å². The normalized spacial score (nSPS) is 11.2. The summed E-state index contributed by atoms with van der Waals surface area (Å²) in [6.07, 6.45) is 0. The minimum absolute atomic E-state index is 0.214. The van der Waals surface area contributed by atoms with Gasteiger partial charge in [0.1, 0.15) is 0 Å². The van der Waals surface area contributed by atoms with Crippen molar-refractivity contribution in [2.75, 3.05) is 0 Å². The number of carbonyl (C=O) groups is 1. The Morgan fingerprint density at radius 3 is 2.17 bits per heavy atom. The van der Waals surface area contributed by atoms with Crippen LogP contribution in [0, 0.1) is 0 Å². The molecule has 1 aromatic rings. The van der Waals surface area contributed by atoms with Crippen molar-refractivity contribution in [1.29, 1.82) is 0 Å². The van der Waals surface area contributed by atoms with Crippen LogP contribution in [0.15, 0.2) is 30.3 Å². The molecule has 0 aromatic heterocycles. The van der Waals surface area contributed by atoms with E-state index in [0.717, 1.165) is 5.56 Å². The van der Waals surface area contributed by atoms with E-state index in [1.807, 2.05) is 44.2 Å². The molecule has 0 atom stereocenters. The van der Waals surface area contributed by atoms with Crippen LogP contribution in [0.3, 0.4) is 0 Å². The summed E-state index contributed by atoms with van der Waals surface area (Å²) in [6, 6.07) is 9.59. The highest BCUT2D eigenvalue weighted by molar-refractivity contribution is 7.77. The van der Waals surface area contributed by atoms with E-state index in [9.17, 15) is 4.79 Å². The first-order valence-electron chi connectivity index (χ1n) is 3.82. The first kappa shape index (κ1) is 9.20. The van der Waals surface area contributed by atoms with Crippen LogP contribution in [0.4, 0.5) is 0 Å². The van der Waals surface area contributed by atoms with Gasteiger partial charge in [-0.05, 0) is 5.56 Å². The van der Waals surface area contributed by atoms with E-state index in [-0.39, 0.29) is 5.12 Å². The topological polar surface area (TPSA) is 17.1 Å².